The molecule has 1 rings (SSSR count). The zero-order chi connectivity index (χ0) is 48.8. The molecule has 6 atom stereocenters. The minimum absolute atomic E-state index is 0.184. The molecule has 1 fully saturated rings. The van der Waals surface area contributed by atoms with Crippen LogP contribution in [-0.4, -0.2) is 88.4 Å². The summed E-state index contributed by atoms with van der Waals surface area (Å²) < 4.78 is 21.9. The number of hydrogen-bond acceptors (Lipinski definition) is 10. The van der Waals surface area contributed by atoms with E-state index in [4.69, 9.17) is 18.9 Å². The quantitative estimate of drug-likeness (QED) is 0.0260. The van der Waals surface area contributed by atoms with Crippen LogP contribution in [-0.2, 0) is 33.3 Å². The third kappa shape index (κ3) is 36.8. The molecule has 0 aliphatic carbocycles. The van der Waals surface area contributed by atoms with Gasteiger partial charge in [-0.2, -0.15) is 0 Å². The summed E-state index contributed by atoms with van der Waals surface area (Å²) in [6, 6.07) is 0. The van der Waals surface area contributed by atoms with Crippen LogP contribution < -0.4 is 0 Å². The molecule has 0 radical (unpaired) electrons. The maximum atomic E-state index is 12.9. The van der Waals surface area contributed by atoms with E-state index in [1.165, 1.54) is 128 Å². The summed E-state index contributed by atoms with van der Waals surface area (Å²) in [7, 11) is 0. The third-order valence-corrected chi connectivity index (χ3v) is 12.4. The van der Waals surface area contributed by atoms with Crippen LogP contribution in [0.25, 0.3) is 0 Å². The number of carboxylic acid groups (broad SMARTS) is 1. The largest absolute Gasteiger partial charge is 0.479 e. The Labute approximate surface area is 407 Å². The minimum atomic E-state index is -1.86. The van der Waals surface area contributed by atoms with Crippen LogP contribution in [0.5, 0.6) is 0 Å². The van der Waals surface area contributed by atoms with Gasteiger partial charge in [-0.3, -0.25) is 9.59 Å². The summed E-state index contributed by atoms with van der Waals surface area (Å²) in [5.41, 5.74) is 0. The van der Waals surface area contributed by atoms with Crippen molar-refractivity contribution in [2.24, 2.45) is 0 Å². The molecule has 11 heteroatoms. The highest BCUT2D eigenvalue weighted by atomic mass is 16.7. The highest BCUT2D eigenvalue weighted by molar-refractivity contribution is 5.73. The number of carbonyl (C=O) groups is 3. The molecule has 0 aromatic carbocycles. The van der Waals surface area contributed by atoms with Gasteiger partial charge in [-0.15, -0.1) is 0 Å². The van der Waals surface area contributed by atoms with E-state index in [1.807, 2.05) is 0 Å². The van der Waals surface area contributed by atoms with E-state index in [2.05, 4.69) is 62.5 Å². The van der Waals surface area contributed by atoms with Crippen LogP contribution in [0.3, 0.4) is 0 Å². The van der Waals surface area contributed by atoms with Gasteiger partial charge >= 0.3 is 17.9 Å². The first-order valence-corrected chi connectivity index (χ1v) is 27.2. The Kier molecular flexibility index (Phi) is 42.3. The lowest BCUT2D eigenvalue weighted by Crippen LogP contribution is -2.60. The fourth-order valence-electron chi connectivity index (χ4n) is 8.23. The lowest BCUT2D eigenvalue weighted by molar-refractivity contribution is -0.298. The predicted molar refractivity (Wildman–Crippen MR) is 271 cm³/mol. The van der Waals surface area contributed by atoms with Crippen molar-refractivity contribution in [1.29, 1.82) is 0 Å². The van der Waals surface area contributed by atoms with Crippen LogP contribution in [0.1, 0.15) is 239 Å². The highest BCUT2D eigenvalue weighted by Crippen LogP contribution is 2.23. The lowest BCUT2D eigenvalue weighted by atomic mass is 9.99. The van der Waals surface area contributed by atoms with E-state index >= 15 is 0 Å². The van der Waals surface area contributed by atoms with Crippen molar-refractivity contribution in [3.05, 3.63) is 48.6 Å². The number of aliphatic hydroxyl groups is 3. The molecular weight excluding hydrogens is 849 g/mol. The van der Waals surface area contributed by atoms with E-state index in [0.717, 1.165) is 70.6 Å². The van der Waals surface area contributed by atoms with Crippen molar-refractivity contribution in [3.63, 3.8) is 0 Å². The van der Waals surface area contributed by atoms with Gasteiger partial charge in [0.25, 0.3) is 0 Å². The summed E-state index contributed by atoms with van der Waals surface area (Å²) >= 11 is 0. The molecule has 4 N–H and O–H groups in total. The van der Waals surface area contributed by atoms with Crippen molar-refractivity contribution in [3.8, 4) is 0 Å². The molecule has 388 valence electrons. The SMILES string of the molecule is CC/C=C\C/C=C\C/C=C\C/C=C\CCCCCCCCCCC(=O)OCC(COC1OC(C(=O)O)C(O)C(O)C1O)OC(=O)CCCCCCCCCCCCCCCCCCCCCC. The fraction of sp³-hybridized carbons (Fsp3) is 0.804. The van der Waals surface area contributed by atoms with Gasteiger partial charge in [-0.05, 0) is 51.4 Å². The number of ether oxygens (including phenoxy) is 4. The Balaban J connectivity index is 2.27. The molecule has 0 spiro atoms. The summed E-state index contributed by atoms with van der Waals surface area (Å²) in [4.78, 5) is 37.1. The van der Waals surface area contributed by atoms with E-state index in [9.17, 15) is 34.8 Å². The second-order valence-electron chi connectivity index (χ2n) is 18.7. The van der Waals surface area contributed by atoms with Gasteiger partial charge in [0.15, 0.2) is 18.5 Å². The van der Waals surface area contributed by atoms with Crippen molar-refractivity contribution in [1.82, 2.24) is 0 Å². The number of unbranched alkanes of at least 4 members (excludes halogenated alkanes) is 27. The first kappa shape index (κ1) is 62.2. The maximum Gasteiger partial charge on any atom is 0.335 e. The van der Waals surface area contributed by atoms with E-state index < -0.39 is 61.3 Å². The van der Waals surface area contributed by atoms with Gasteiger partial charge in [-0.25, -0.2) is 4.79 Å². The molecule has 0 aromatic heterocycles. The number of carboxylic acids is 1. The summed E-state index contributed by atoms with van der Waals surface area (Å²) in [5, 5.41) is 40.0. The zero-order valence-electron chi connectivity index (χ0n) is 42.4. The second-order valence-corrected chi connectivity index (χ2v) is 18.7. The molecule has 1 aliphatic heterocycles. The Morgan fingerprint density at radius 1 is 0.478 bits per heavy atom. The van der Waals surface area contributed by atoms with Crippen molar-refractivity contribution in [2.45, 2.75) is 275 Å². The molecule has 11 nitrogen and oxygen atoms in total. The molecule has 1 aliphatic rings. The molecule has 0 saturated carbocycles. The smallest absolute Gasteiger partial charge is 0.335 e. The van der Waals surface area contributed by atoms with Gasteiger partial charge in [0, 0.05) is 12.8 Å². The van der Waals surface area contributed by atoms with Gasteiger partial charge < -0.3 is 39.4 Å². The summed E-state index contributed by atoms with van der Waals surface area (Å²) in [6.07, 6.45) is 47.3. The van der Waals surface area contributed by atoms with Crippen molar-refractivity contribution < 1.29 is 53.8 Å². The Bertz CT molecular complexity index is 1300. The lowest BCUT2D eigenvalue weighted by Gasteiger charge is -2.38. The number of aliphatic carboxylic acids is 1. The highest BCUT2D eigenvalue weighted by Gasteiger charge is 2.47. The first-order chi connectivity index (χ1) is 32.7. The third-order valence-electron chi connectivity index (χ3n) is 12.4. The number of aliphatic hydroxyl groups excluding tert-OH is 3. The van der Waals surface area contributed by atoms with Crippen molar-refractivity contribution in [2.75, 3.05) is 13.2 Å². The second kappa shape index (κ2) is 45.6. The molecular formula is C56H98O11. The number of carbonyl (C=O) groups excluding carboxylic acids is 2. The van der Waals surface area contributed by atoms with Crippen LogP contribution >= 0.6 is 0 Å². The Hall–Kier alpha value is -2.83. The van der Waals surface area contributed by atoms with Gasteiger partial charge in [0.05, 0.1) is 6.61 Å². The maximum absolute atomic E-state index is 12.9. The molecule has 67 heavy (non-hydrogen) atoms. The molecule has 1 saturated heterocycles. The predicted octanol–water partition coefficient (Wildman–Crippen LogP) is 13.3. The van der Waals surface area contributed by atoms with Crippen LogP contribution in [0.4, 0.5) is 0 Å². The van der Waals surface area contributed by atoms with Crippen molar-refractivity contribution >= 4 is 17.9 Å². The molecule has 0 bridgehead atoms. The summed E-state index contributed by atoms with van der Waals surface area (Å²) in [6.45, 7) is 3.73. The van der Waals surface area contributed by atoms with Gasteiger partial charge in [0.2, 0.25) is 0 Å². The normalized spacial score (nSPS) is 19.3. The molecule has 0 amide bonds. The van der Waals surface area contributed by atoms with Gasteiger partial charge in [0.1, 0.15) is 24.9 Å². The van der Waals surface area contributed by atoms with E-state index in [1.54, 1.807) is 0 Å². The molecule has 1 heterocycles. The molecule has 6 unspecified atom stereocenters. The number of hydrogen-bond donors (Lipinski definition) is 4. The zero-order valence-corrected chi connectivity index (χ0v) is 42.4. The Morgan fingerprint density at radius 2 is 0.881 bits per heavy atom. The van der Waals surface area contributed by atoms with E-state index in [-0.39, 0.29) is 19.4 Å². The summed E-state index contributed by atoms with van der Waals surface area (Å²) in [5.74, 6) is -2.44. The van der Waals surface area contributed by atoms with Crippen LogP contribution in [0.2, 0.25) is 0 Å². The number of esters is 2. The fourth-order valence-corrected chi connectivity index (χ4v) is 8.23. The van der Waals surface area contributed by atoms with Gasteiger partial charge in [-0.1, -0.05) is 223 Å². The topological polar surface area (TPSA) is 169 Å². The standard InChI is InChI=1S/C56H98O11/c1-3-5-7-9-11-13-15-17-19-21-23-25-27-28-30-32-34-36-38-40-42-44-49(57)64-46-48(47-65-56-53(61)51(59)52(60)54(67-56)55(62)63)66-50(58)45-43-41-39-37-35-33-31-29-26-24-22-20-18-16-14-12-10-8-6-4-2/h5,7,11,13,17,19,23,25,48,51-54,56,59-61H,3-4,6,8-10,12,14-16,18,20-22,24,26-47H2,1-2H3,(H,62,63)/b7-5-,13-11-,19-17-,25-23-. The minimum Gasteiger partial charge on any atom is -0.479 e. The average molecular weight is 947 g/mol. The van der Waals surface area contributed by atoms with E-state index in [0.29, 0.717) is 12.8 Å². The number of allylic oxidation sites excluding steroid dienone is 8. The monoisotopic (exact) mass is 947 g/mol. The van der Waals surface area contributed by atoms with Crippen LogP contribution in [0, 0.1) is 0 Å². The number of rotatable bonds is 46. The Morgan fingerprint density at radius 3 is 1.33 bits per heavy atom. The molecule has 0 aromatic rings. The average Bonchev–Trinajstić information content (AvgIpc) is 3.31. The van der Waals surface area contributed by atoms with Crippen LogP contribution in [0.15, 0.2) is 48.6 Å². The first-order valence-electron chi connectivity index (χ1n) is 27.2.